The van der Waals surface area contributed by atoms with Crippen molar-refractivity contribution in [2.45, 2.75) is 38.1 Å². The Kier molecular flexibility index (Phi) is 5.30. The summed E-state index contributed by atoms with van der Waals surface area (Å²) in [4.78, 5) is 15.3. The number of carboxylic acid groups (broad SMARTS) is 1. The zero-order chi connectivity index (χ0) is 15.3. The average Bonchev–Trinajstić information content (AvgIpc) is 2.46. The van der Waals surface area contributed by atoms with Crippen molar-refractivity contribution in [2.24, 2.45) is 5.92 Å². The molecule has 2 N–H and O–H groups in total. The number of hydrogen-bond acceptors (Lipinski definition) is 4. The van der Waals surface area contributed by atoms with Gasteiger partial charge in [0, 0.05) is 24.4 Å². The van der Waals surface area contributed by atoms with Crippen molar-refractivity contribution >= 4 is 16.0 Å². The van der Waals surface area contributed by atoms with Crippen LogP contribution >= 0.6 is 0 Å². The molecule has 1 aromatic heterocycles. The molecule has 1 aromatic rings. The van der Waals surface area contributed by atoms with Gasteiger partial charge in [-0.3, -0.25) is 9.78 Å². The number of aromatic nitrogens is 1. The van der Waals surface area contributed by atoms with Gasteiger partial charge in [0.25, 0.3) is 0 Å². The molecular formula is C14H20N2O4S. The molecule has 0 amide bonds. The summed E-state index contributed by atoms with van der Waals surface area (Å²) in [6, 6.07) is 4.86. The van der Waals surface area contributed by atoms with Gasteiger partial charge < -0.3 is 5.11 Å². The first-order valence-corrected chi connectivity index (χ1v) is 8.76. The van der Waals surface area contributed by atoms with E-state index in [2.05, 4.69) is 9.71 Å². The van der Waals surface area contributed by atoms with Gasteiger partial charge in [-0.15, -0.1) is 0 Å². The normalized spacial score (nSPS) is 22.9. The average molecular weight is 312 g/mol. The van der Waals surface area contributed by atoms with Crippen molar-refractivity contribution in [3.63, 3.8) is 0 Å². The molecule has 6 nitrogen and oxygen atoms in total. The highest BCUT2D eigenvalue weighted by atomic mass is 32.2. The van der Waals surface area contributed by atoms with Crippen molar-refractivity contribution < 1.29 is 18.3 Å². The summed E-state index contributed by atoms with van der Waals surface area (Å²) in [5, 5.41) is 9.17. The van der Waals surface area contributed by atoms with Crippen molar-refractivity contribution in [3.8, 4) is 0 Å². The summed E-state index contributed by atoms with van der Waals surface area (Å²) in [7, 11) is -3.50. The van der Waals surface area contributed by atoms with Gasteiger partial charge in [0.2, 0.25) is 10.0 Å². The molecule has 1 heterocycles. The van der Waals surface area contributed by atoms with Crippen LogP contribution in [0.25, 0.3) is 0 Å². The molecule has 1 fully saturated rings. The van der Waals surface area contributed by atoms with Gasteiger partial charge in [-0.1, -0.05) is 18.9 Å². The maximum atomic E-state index is 12.1. The van der Waals surface area contributed by atoms with Crippen molar-refractivity contribution in [1.82, 2.24) is 9.71 Å². The van der Waals surface area contributed by atoms with E-state index in [1.165, 1.54) is 0 Å². The van der Waals surface area contributed by atoms with Gasteiger partial charge in [0.1, 0.15) is 0 Å². The number of carbonyl (C=O) groups is 1. The summed E-state index contributed by atoms with van der Waals surface area (Å²) >= 11 is 0. The summed E-state index contributed by atoms with van der Waals surface area (Å²) in [5.41, 5.74) is 0.710. The number of sulfonamides is 1. The van der Waals surface area contributed by atoms with E-state index in [1.54, 1.807) is 18.3 Å². The Morgan fingerprint density at radius 2 is 2.10 bits per heavy atom. The predicted molar refractivity (Wildman–Crippen MR) is 78.2 cm³/mol. The van der Waals surface area contributed by atoms with Crippen LogP contribution in [0.1, 0.15) is 31.4 Å². The minimum atomic E-state index is -3.50. The van der Waals surface area contributed by atoms with E-state index >= 15 is 0 Å². The molecule has 1 aliphatic rings. The zero-order valence-electron chi connectivity index (χ0n) is 11.7. The Morgan fingerprint density at radius 3 is 2.76 bits per heavy atom. The van der Waals surface area contributed by atoms with E-state index in [1.807, 2.05) is 6.07 Å². The van der Waals surface area contributed by atoms with E-state index in [0.29, 0.717) is 25.0 Å². The van der Waals surface area contributed by atoms with E-state index in [9.17, 15) is 13.2 Å². The molecular weight excluding hydrogens is 292 g/mol. The number of nitrogens with zero attached hydrogens (tertiary/aromatic N) is 1. The minimum Gasteiger partial charge on any atom is -0.481 e. The van der Waals surface area contributed by atoms with Crippen LogP contribution in [0.5, 0.6) is 0 Å². The van der Waals surface area contributed by atoms with Gasteiger partial charge in [-0.2, -0.15) is 0 Å². The van der Waals surface area contributed by atoms with Crippen LogP contribution in [-0.4, -0.2) is 36.3 Å². The van der Waals surface area contributed by atoms with Crippen LogP contribution in [0.15, 0.2) is 24.4 Å². The fourth-order valence-electron chi connectivity index (χ4n) is 2.64. The molecule has 0 aromatic carbocycles. The number of nitrogens with one attached hydrogen (secondary N) is 1. The first-order valence-electron chi connectivity index (χ1n) is 7.11. The SMILES string of the molecule is O=C(O)C1CCCCC1NS(=O)(=O)CCc1ccccn1. The Labute approximate surface area is 124 Å². The van der Waals surface area contributed by atoms with E-state index in [0.717, 1.165) is 12.8 Å². The molecule has 116 valence electrons. The highest BCUT2D eigenvalue weighted by Gasteiger charge is 2.33. The molecule has 1 aliphatic carbocycles. The molecule has 0 saturated heterocycles. The largest absolute Gasteiger partial charge is 0.481 e. The van der Waals surface area contributed by atoms with Crippen molar-refractivity contribution in [1.29, 1.82) is 0 Å². The molecule has 0 aliphatic heterocycles. The van der Waals surface area contributed by atoms with Crippen LogP contribution < -0.4 is 4.72 Å². The minimum absolute atomic E-state index is 0.0765. The van der Waals surface area contributed by atoms with Gasteiger partial charge in [-0.05, 0) is 25.0 Å². The van der Waals surface area contributed by atoms with Crippen LogP contribution in [0.4, 0.5) is 0 Å². The molecule has 0 spiro atoms. The van der Waals surface area contributed by atoms with Crippen LogP contribution in [0.2, 0.25) is 0 Å². The van der Waals surface area contributed by atoms with Gasteiger partial charge in [-0.25, -0.2) is 13.1 Å². The quantitative estimate of drug-likeness (QED) is 0.822. The summed E-state index contributed by atoms with van der Waals surface area (Å²) in [6.45, 7) is 0. The Bertz CT molecular complexity index is 574. The Balaban J connectivity index is 1.94. The third-order valence-corrected chi connectivity index (χ3v) is 5.17. The second kappa shape index (κ2) is 7.00. The number of aryl methyl sites for hydroxylation is 1. The van der Waals surface area contributed by atoms with Gasteiger partial charge in [0.05, 0.1) is 11.7 Å². The number of carboxylic acids is 1. The van der Waals surface area contributed by atoms with Crippen molar-refractivity contribution in [2.75, 3.05) is 5.75 Å². The summed E-state index contributed by atoms with van der Waals surface area (Å²) in [5.74, 6) is -1.62. The number of pyridine rings is 1. The van der Waals surface area contributed by atoms with Crippen molar-refractivity contribution in [3.05, 3.63) is 30.1 Å². The lowest BCUT2D eigenvalue weighted by molar-refractivity contribution is -0.143. The molecule has 0 bridgehead atoms. The number of rotatable bonds is 6. The maximum Gasteiger partial charge on any atom is 0.308 e. The lowest BCUT2D eigenvalue weighted by Crippen LogP contribution is -2.45. The first-order chi connectivity index (χ1) is 9.98. The third kappa shape index (κ3) is 4.78. The molecule has 21 heavy (non-hydrogen) atoms. The Morgan fingerprint density at radius 1 is 1.33 bits per heavy atom. The first kappa shape index (κ1) is 15.9. The maximum absolute atomic E-state index is 12.1. The zero-order valence-corrected chi connectivity index (χ0v) is 12.6. The summed E-state index contributed by atoms with van der Waals surface area (Å²) in [6.07, 6.45) is 4.75. The molecule has 7 heteroatoms. The fourth-order valence-corrected chi connectivity index (χ4v) is 3.98. The smallest absolute Gasteiger partial charge is 0.308 e. The molecule has 0 radical (unpaired) electrons. The monoisotopic (exact) mass is 312 g/mol. The highest BCUT2D eigenvalue weighted by molar-refractivity contribution is 7.89. The lowest BCUT2D eigenvalue weighted by Gasteiger charge is -2.28. The Hall–Kier alpha value is -1.47. The standard InChI is InChI=1S/C14H20N2O4S/c17-14(18)12-6-1-2-7-13(12)16-21(19,20)10-8-11-5-3-4-9-15-11/h3-5,9,12-13,16H,1-2,6-8,10H2,(H,17,18). The predicted octanol–water partition coefficient (Wildman–Crippen LogP) is 1.19. The third-order valence-electron chi connectivity index (χ3n) is 3.77. The second-order valence-electron chi connectivity index (χ2n) is 5.34. The lowest BCUT2D eigenvalue weighted by atomic mass is 9.85. The second-order valence-corrected chi connectivity index (χ2v) is 7.22. The van der Waals surface area contributed by atoms with Crippen LogP contribution in [0.3, 0.4) is 0 Å². The molecule has 2 atom stereocenters. The molecule has 2 rings (SSSR count). The molecule has 1 saturated carbocycles. The van der Waals surface area contributed by atoms with Crippen LogP contribution in [0, 0.1) is 5.92 Å². The summed E-state index contributed by atoms with van der Waals surface area (Å²) < 4.78 is 26.8. The van der Waals surface area contributed by atoms with Crippen LogP contribution in [-0.2, 0) is 21.2 Å². The van der Waals surface area contributed by atoms with E-state index in [-0.39, 0.29) is 5.75 Å². The van der Waals surface area contributed by atoms with Gasteiger partial charge >= 0.3 is 5.97 Å². The number of aliphatic carboxylic acids is 1. The van der Waals surface area contributed by atoms with Gasteiger partial charge in [0.15, 0.2) is 0 Å². The number of hydrogen-bond donors (Lipinski definition) is 2. The van der Waals surface area contributed by atoms with E-state index < -0.39 is 28.0 Å². The molecule has 2 unspecified atom stereocenters. The van der Waals surface area contributed by atoms with E-state index in [4.69, 9.17) is 5.11 Å². The highest BCUT2D eigenvalue weighted by Crippen LogP contribution is 2.25. The fraction of sp³-hybridized carbons (Fsp3) is 0.571. The topological polar surface area (TPSA) is 96.4 Å².